The van der Waals surface area contributed by atoms with Gasteiger partial charge in [0.05, 0.1) is 13.2 Å². The zero-order valence-electron chi connectivity index (χ0n) is 8.98. The second kappa shape index (κ2) is 4.63. The first-order chi connectivity index (χ1) is 7.68. The predicted octanol–water partition coefficient (Wildman–Crippen LogP) is 0.714. The molecule has 0 spiro atoms. The predicted molar refractivity (Wildman–Crippen MR) is 59.1 cm³/mol. The molecule has 1 atom stereocenters. The van der Waals surface area contributed by atoms with Gasteiger partial charge < -0.3 is 15.6 Å². The van der Waals surface area contributed by atoms with Crippen molar-refractivity contribution in [3.8, 4) is 0 Å². The number of rotatable bonds is 3. The van der Waals surface area contributed by atoms with Crippen molar-refractivity contribution in [2.24, 2.45) is 5.73 Å². The summed E-state index contributed by atoms with van der Waals surface area (Å²) in [6.07, 6.45) is 1.23. The highest BCUT2D eigenvalue weighted by Crippen LogP contribution is 2.21. The highest BCUT2D eigenvalue weighted by Gasteiger charge is 2.17. The standard InChI is InChI=1S/C12H15NO3/c13-11(12(14)15)6-8-2-1-3-9-7-16-5-4-10(8)9/h1-3,11H,4-7,13H2,(H,14,15). The molecule has 0 saturated carbocycles. The molecule has 0 fully saturated rings. The lowest BCUT2D eigenvalue weighted by Crippen LogP contribution is -2.33. The van der Waals surface area contributed by atoms with Crippen LogP contribution in [0, 0.1) is 0 Å². The fourth-order valence-electron chi connectivity index (χ4n) is 2.02. The molecule has 4 heteroatoms. The smallest absolute Gasteiger partial charge is 0.320 e. The van der Waals surface area contributed by atoms with Gasteiger partial charge in [0.1, 0.15) is 6.04 Å². The van der Waals surface area contributed by atoms with Crippen LogP contribution in [0.2, 0.25) is 0 Å². The molecule has 1 heterocycles. The Morgan fingerprint density at radius 2 is 2.38 bits per heavy atom. The number of carboxylic acid groups (broad SMARTS) is 1. The van der Waals surface area contributed by atoms with Crippen molar-refractivity contribution in [3.05, 3.63) is 34.9 Å². The second-order valence-electron chi connectivity index (χ2n) is 4.01. The highest BCUT2D eigenvalue weighted by molar-refractivity contribution is 5.73. The minimum atomic E-state index is -0.954. The Labute approximate surface area is 94.0 Å². The molecule has 0 amide bonds. The van der Waals surface area contributed by atoms with E-state index in [0.717, 1.165) is 17.5 Å². The van der Waals surface area contributed by atoms with Gasteiger partial charge in [-0.3, -0.25) is 4.79 Å². The van der Waals surface area contributed by atoms with Gasteiger partial charge >= 0.3 is 5.97 Å². The Balaban J connectivity index is 2.24. The maximum Gasteiger partial charge on any atom is 0.320 e. The molecule has 0 bridgehead atoms. The van der Waals surface area contributed by atoms with Crippen LogP contribution in [0.3, 0.4) is 0 Å². The average Bonchev–Trinajstić information content (AvgIpc) is 2.29. The van der Waals surface area contributed by atoms with Crippen molar-refractivity contribution >= 4 is 5.97 Å². The lowest BCUT2D eigenvalue weighted by Gasteiger charge is -2.20. The number of hydrogen-bond donors (Lipinski definition) is 2. The van der Waals surface area contributed by atoms with Gasteiger partial charge in [-0.05, 0) is 29.5 Å². The van der Waals surface area contributed by atoms with Crippen molar-refractivity contribution in [2.45, 2.75) is 25.5 Å². The quantitative estimate of drug-likeness (QED) is 0.788. The molecule has 16 heavy (non-hydrogen) atoms. The number of benzene rings is 1. The summed E-state index contributed by atoms with van der Waals surface area (Å²) in [4.78, 5) is 10.7. The largest absolute Gasteiger partial charge is 0.480 e. The summed E-state index contributed by atoms with van der Waals surface area (Å²) in [5, 5.41) is 8.80. The van der Waals surface area contributed by atoms with Crippen molar-refractivity contribution in [3.63, 3.8) is 0 Å². The number of hydrogen-bond acceptors (Lipinski definition) is 3. The van der Waals surface area contributed by atoms with E-state index in [0.29, 0.717) is 19.6 Å². The lowest BCUT2D eigenvalue weighted by molar-refractivity contribution is -0.138. The maximum absolute atomic E-state index is 10.7. The van der Waals surface area contributed by atoms with E-state index in [1.165, 1.54) is 5.56 Å². The number of carbonyl (C=O) groups is 1. The average molecular weight is 221 g/mol. The molecular formula is C12H15NO3. The van der Waals surface area contributed by atoms with Gasteiger partial charge in [0, 0.05) is 0 Å². The van der Waals surface area contributed by atoms with E-state index in [9.17, 15) is 4.79 Å². The van der Waals surface area contributed by atoms with Gasteiger partial charge in [0.2, 0.25) is 0 Å². The molecule has 1 aliphatic heterocycles. The van der Waals surface area contributed by atoms with Crippen LogP contribution in [-0.2, 0) is 29.0 Å². The normalized spacial score (nSPS) is 16.6. The zero-order chi connectivity index (χ0) is 11.5. The van der Waals surface area contributed by atoms with Crippen LogP contribution in [0.5, 0.6) is 0 Å². The third kappa shape index (κ3) is 2.23. The minimum Gasteiger partial charge on any atom is -0.480 e. The molecule has 4 nitrogen and oxygen atoms in total. The number of ether oxygens (including phenoxy) is 1. The van der Waals surface area contributed by atoms with Crippen molar-refractivity contribution in [2.75, 3.05) is 6.61 Å². The van der Waals surface area contributed by atoms with E-state index in [-0.39, 0.29) is 0 Å². The van der Waals surface area contributed by atoms with Gasteiger partial charge in [-0.25, -0.2) is 0 Å². The Morgan fingerprint density at radius 3 is 3.12 bits per heavy atom. The third-order valence-corrected chi connectivity index (χ3v) is 2.88. The van der Waals surface area contributed by atoms with E-state index >= 15 is 0 Å². The Hall–Kier alpha value is -1.39. The molecule has 2 rings (SSSR count). The number of fused-ring (bicyclic) bond motifs is 1. The van der Waals surface area contributed by atoms with Crippen LogP contribution < -0.4 is 5.73 Å². The summed E-state index contributed by atoms with van der Waals surface area (Å²) in [6.45, 7) is 1.32. The Kier molecular flexibility index (Phi) is 3.22. The SMILES string of the molecule is NC(Cc1cccc2c1CCOC2)C(=O)O. The molecule has 0 radical (unpaired) electrons. The fourth-order valence-corrected chi connectivity index (χ4v) is 2.02. The zero-order valence-corrected chi connectivity index (χ0v) is 8.98. The van der Waals surface area contributed by atoms with E-state index in [1.54, 1.807) is 0 Å². The van der Waals surface area contributed by atoms with E-state index in [2.05, 4.69) is 0 Å². The van der Waals surface area contributed by atoms with Gasteiger partial charge in [0.25, 0.3) is 0 Å². The van der Waals surface area contributed by atoms with Gasteiger partial charge in [-0.2, -0.15) is 0 Å². The first-order valence-electron chi connectivity index (χ1n) is 5.34. The number of carboxylic acids is 1. The first-order valence-corrected chi connectivity index (χ1v) is 5.34. The monoisotopic (exact) mass is 221 g/mol. The number of aliphatic carboxylic acids is 1. The summed E-state index contributed by atoms with van der Waals surface area (Å²) in [7, 11) is 0. The minimum absolute atomic E-state index is 0.387. The summed E-state index contributed by atoms with van der Waals surface area (Å²) in [5.74, 6) is -0.954. The molecule has 1 aromatic rings. The molecule has 0 aliphatic carbocycles. The van der Waals surface area contributed by atoms with Gasteiger partial charge in [-0.15, -0.1) is 0 Å². The molecule has 1 aliphatic rings. The van der Waals surface area contributed by atoms with Crippen LogP contribution in [0.25, 0.3) is 0 Å². The molecule has 0 aromatic heterocycles. The van der Waals surface area contributed by atoms with E-state index in [1.807, 2.05) is 18.2 Å². The third-order valence-electron chi connectivity index (χ3n) is 2.88. The van der Waals surface area contributed by atoms with Crippen LogP contribution in [-0.4, -0.2) is 23.7 Å². The fraction of sp³-hybridized carbons (Fsp3) is 0.417. The molecular weight excluding hydrogens is 206 g/mol. The van der Waals surface area contributed by atoms with Gasteiger partial charge in [-0.1, -0.05) is 18.2 Å². The molecule has 86 valence electrons. The highest BCUT2D eigenvalue weighted by atomic mass is 16.5. The Bertz CT molecular complexity index is 403. The van der Waals surface area contributed by atoms with Crippen LogP contribution >= 0.6 is 0 Å². The summed E-state index contributed by atoms with van der Waals surface area (Å²) in [5.41, 5.74) is 8.96. The van der Waals surface area contributed by atoms with Crippen LogP contribution in [0.4, 0.5) is 0 Å². The van der Waals surface area contributed by atoms with Crippen molar-refractivity contribution in [1.29, 1.82) is 0 Å². The second-order valence-corrected chi connectivity index (χ2v) is 4.01. The summed E-state index contributed by atoms with van der Waals surface area (Å²) in [6, 6.07) is 5.07. The molecule has 1 unspecified atom stereocenters. The molecule has 0 saturated heterocycles. The summed E-state index contributed by atoms with van der Waals surface area (Å²) >= 11 is 0. The van der Waals surface area contributed by atoms with Crippen molar-refractivity contribution < 1.29 is 14.6 Å². The van der Waals surface area contributed by atoms with Crippen LogP contribution in [0.1, 0.15) is 16.7 Å². The Morgan fingerprint density at radius 1 is 1.56 bits per heavy atom. The molecule has 3 N–H and O–H groups in total. The number of nitrogens with two attached hydrogens (primary N) is 1. The topological polar surface area (TPSA) is 72.5 Å². The van der Waals surface area contributed by atoms with E-state index in [4.69, 9.17) is 15.6 Å². The van der Waals surface area contributed by atoms with Gasteiger partial charge in [0.15, 0.2) is 0 Å². The first kappa shape index (κ1) is 11.1. The maximum atomic E-state index is 10.7. The summed E-state index contributed by atoms with van der Waals surface area (Å²) < 4.78 is 5.36. The molecule has 1 aromatic carbocycles. The van der Waals surface area contributed by atoms with Crippen molar-refractivity contribution in [1.82, 2.24) is 0 Å². The van der Waals surface area contributed by atoms with Crippen LogP contribution in [0.15, 0.2) is 18.2 Å². The lowest BCUT2D eigenvalue weighted by atomic mass is 9.93. The van der Waals surface area contributed by atoms with E-state index < -0.39 is 12.0 Å².